The van der Waals surface area contributed by atoms with Crippen LogP contribution < -0.4 is 0 Å². The molecule has 0 aliphatic rings. The molecule has 0 spiro atoms. The van der Waals surface area contributed by atoms with Crippen molar-refractivity contribution in [2.45, 2.75) is 6.17 Å². The van der Waals surface area contributed by atoms with Gasteiger partial charge in [-0.2, -0.15) is 0 Å². The van der Waals surface area contributed by atoms with E-state index < -0.39 is 11.1 Å². The van der Waals surface area contributed by atoms with Crippen molar-refractivity contribution in [3.05, 3.63) is 99.6 Å². The average Bonchev–Trinajstić information content (AvgIpc) is 2.70. The van der Waals surface area contributed by atoms with Crippen LogP contribution in [0.1, 0.15) is 22.9 Å². The second kappa shape index (κ2) is 8.59. The Hall–Kier alpha value is -4.00. The van der Waals surface area contributed by atoms with E-state index >= 15 is 0 Å². The fourth-order valence-corrected chi connectivity index (χ4v) is 2.47. The van der Waals surface area contributed by atoms with Gasteiger partial charge in [-0.25, -0.2) is 0 Å². The average molecular weight is 375 g/mol. The molecule has 0 unspecified atom stereocenters. The van der Waals surface area contributed by atoms with E-state index in [0.717, 1.165) is 0 Å². The van der Waals surface area contributed by atoms with Crippen LogP contribution in [-0.2, 0) is 0 Å². The summed E-state index contributed by atoms with van der Waals surface area (Å²) in [7, 11) is 0. The molecule has 0 atom stereocenters. The SMILES string of the molecule is O=[N+]([O-])c1ccc(C(N=Cc2ccccc2O)N=Cc2ccccc2O)cc1. The normalized spacial score (nSPS) is 12.4. The molecule has 0 amide bonds. The number of hydrogen-bond donors (Lipinski definition) is 2. The van der Waals surface area contributed by atoms with Crippen LogP contribution in [-0.4, -0.2) is 27.6 Å². The minimum Gasteiger partial charge on any atom is -0.507 e. The highest BCUT2D eigenvalue weighted by molar-refractivity contribution is 5.85. The summed E-state index contributed by atoms with van der Waals surface area (Å²) in [6.07, 6.45) is 2.27. The Morgan fingerprint density at radius 3 is 1.68 bits per heavy atom. The molecule has 0 aliphatic carbocycles. The summed E-state index contributed by atoms with van der Waals surface area (Å²) < 4.78 is 0. The molecule has 2 N–H and O–H groups in total. The number of phenols is 2. The molecule has 0 radical (unpaired) electrons. The van der Waals surface area contributed by atoms with E-state index in [2.05, 4.69) is 9.98 Å². The molecule has 0 bridgehead atoms. The van der Waals surface area contributed by atoms with Gasteiger partial charge in [0.15, 0.2) is 6.17 Å². The van der Waals surface area contributed by atoms with Gasteiger partial charge in [0.2, 0.25) is 0 Å². The van der Waals surface area contributed by atoms with Crippen molar-refractivity contribution in [2.24, 2.45) is 9.98 Å². The molecule has 0 fully saturated rings. The maximum Gasteiger partial charge on any atom is 0.269 e. The summed E-state index contributed by atoms with van der Waals surface area (Å²) in [5.74, 6) is 0.164. The van der Waals surface area contributed by atoms with E-state index in [-0.39, 0.29) is 17.2 Å². The molecule has 3 rings (SSSR count). The van der Waals surface area contributed by atoms with Crippen LogP contribution in [0.15, 0.2) is 82.8 Å². The van der Waals surface area contributed by atoms with Gasteiger partial charge in [0.05, 0.1) is 4.92 Å². The third-order valence-electron chi connectivity index (χ3n) is 3.99. The van der Waals surface area contributed by atoms with Crippen LogP contribution in [0.2, 0.25) is 0 Å². The lowest BCUT2D eigenvalue weighted by atomic mass is 10.1. The number of nitro benzene ring substituents is 1. The maximum atomic E-state index is 10.9. The smallest absolute Gasteiger partial charge is 0.269 e. The molecular weight excluding hydrogens is 358 g/mol. The van der Waals surface area contributed by atoms with Crippen LogP contribution in [0.25, 0.3) is 0 Å². The number of non-ortho nitro benzene ring substituents is 1. The van der Waals surface area contributed by atoms with Crippen molar-refractivity contribution in [1.82, 2.24) is 0 Å². The zero-order chi connectivity index (χ0) is 19.9. The number of rotatable bonds is 6. The van der Waals surface area contributed by atoms with Crippen LogP contribution in [0.3, 0.4) is 0 Å². The Morgan fingerprint density at radius 1 is 0.786 bits per heavy atom. The fourth-order valence-electron chi connectivity index (χ4n) is 2.47. The van der Waals surface area contributed by atoms with E-state index in [0.29, 0.717) is 16.7 Å². The summed E-state index contributed by atoms with van der Waals surface area (Å²) in [4.78, 5) is 19.2. The maximum absolute atomic E-state index is 10.9. The van der Waals surface area contributed by atoms with Crippen molar-refractivity contribution >= 4 is 18.1 Å². The monoisotopic (exact) mass is 375 g/mol. The van der Waals surface area contributed by atoms with Crippen molar-refractivity contribution in [3.63, 3.8) is 0 Å². The lowest BCUT2D eigenvalue weighted by molar-refractivity contribution is -0.384. The fraction of sp³-hybridized carbons (Fsp3) is 0.0476. The van der Waals surface area contributed by atoms with Gasteiger partial charge in [-0.3, -0.25) is 20.1 Å². The molecule has 0 aliphatic heterocycles. The largest absolute Gasteiger partial charge is 0.507 e. The van der Waals surface area contributed by atoms with Gasteiger partial charge < -0.3 is 10.2 Å². The minimum absolute atomic E-state index is 0.0307. The highest BCUT2D eigenvalue weighted by Gasteiger charge is 2.11. The Balaban J connectivity index is 1.94. The van der Waals surface area contributed by atoms with Crippen LogP contribution in [0.4, 0.5) is 5.69 Å². The topological polar surface area (TPSA) is 108 Å². The van der Waals surface area contributed by atoms with Crippen molar-refractivity contribution < 1.29 is 15.1 Å². The summed E-state index contributed by atoms with van der Waals surface area (Å²) in [6.45, 7) is 0. The Kier molecular flexibility index (Phi) is 5.76. The number of aliphatic imine (C=N–C) groups is 2. The van der Waals surface area contributed by atoms with E-state index in [4.69, 9.17) is 0 Å². The Morgan fingerprint density at radius 2 is 1.25 bits per heavy atom. The first-order valence-electron chi connectivity index (χ1n) is 8.41. The third-order valence-corrected chi connectivity index (χ3v) is 3.99. The third kappa shape index (κ3) is 4.59. The molecule has 0 saturated carbocycles. The lowest BCUT2D eigenvalue weighted by Crippen LogP contribution is -1.96. The van der Waals surface area contributed by atoms with Crippen LogP contribution >= 0.6 is 0 Å². The summed E-state index contributed by atoms with van der Waals surface area (Å²) in [5.41, 5.74) is 1.64. The Bertz CT molecular complexity index is 974. The number of hydrogen-bond acceptors (Lipinski definition) is 6. The standard InChI is InChI=1S/C21H17N3O4/c25-19-7-3-1-5-16(19)13-22-21(15-9-11-18(12-10-15)24(27)28)23-14-17-6-2-4-8-20(17)26/h1-14,21,25-26H. The van der Waals surface area contributed by atoms with Crippen LogP contribution in [0, 0.1) is 10.1 Å². The van der Waals surface area contributed by atoms with Gasteiger partial charge in [0.25, 0.3) is 5.69 Å². The lowest BCUT2D eigenvalue weighted by Gasteiger charge is -2.08. The van der Waals surface area contributed by atoms with Crippen molar-refractivity contribution in [1.29, 1.82) is 0 Å². The molecule has 0 saturated heterocycles. The van der Waals surface area contributed by atoms with E-state index in [1.807, 2.05) is 0 Å². The second-order valence-electron chi connectivity index (χ2n) is 5.90. The zero-order valence-electron chi connectivity index (χ0n) is 14.7. The highest BCUT2D eigenvalue weighted by atomic mass is 16.6. The van der Waals surface area contributed by atoms with Gasteiger partial charge in [0.1, 0.15) is 11.5 Å². The molecule has 0 heterocycles. The number of nitro groups is 1. The van der Waals surface area contributed by atoms with E-state index in [9.17, 15) is 20.3 Å². The quantitative estimate of drug-likeness (QED) is 0.381. The van der Waals surface area contributed by atoms with Gasteiger partial charge in [0, 0.05) is 35.7 Å². The molecule has 3 aromatic rings. The van der Waals surface area contributed by atoms with Crippen LogP contribution in [0.5, 0.6) is 11.5 Å². The number of phenolic OH excluding ortho intramolecular Hbond substituents is 2. The predicted octanol–water partition coefficient (Wildman–Crippen LogP) is 4.24. The molecule has 28 heavy (non-hydrogen) atoms. The van der Waals surface area contributed by atoms with E-state index in [1.54, 1.807) is 60.7 Å². The van der Waals surface area contributed by atoms with E-state index in [1.165, 1.54) is 24.6 Å². The first kappa shape index (κ1) is 18.8. The molecule has 3 aromatic carbocycles. The number of para-hydroxylation sites is 2. The molecule has 7 heteroatoms. The predicted molar refractivity (Wildman–Crippen MR) is 107 cm³/mol. The molecule has 7 nitrogen and oxygen atoms in total. The number of nitrogens with zero attached hydrogens (tertiary/aromatic N) is 3. The number of aromatic hydroxyl groups is 2. The number of benzene rings is 3. The summed E-state index contributed by atoms with van der Waals surface area (Å²) >= 11 is 0. The van der Waals surface area contributed by atoms with Gasteiger partial charge >= 0.3 is 0 Å². The second-order valence-corrected chi connectivity index (χ2v) is 5.90. The molecular formula is C21H17N3O4. The summed E-state index contributed by atoms with van der Waals surface area (Å²) in [5, 5.41) is 30.7. The molecule has 140 valence electrons. The first-order chi connectivity index (χ1) is 13.5. The zero-order valence-corrected chi connectivity index (χ0v) is 14.7. The van der Waals surface area contributed by atoms with Gasteiger partial charge in [-0.15, -0.1) is 0 Å². The Labute approximate surface area is 161 Å². The first-order valence-corrected chi connectivity index (χ1v) is 8.41. The molecule has 0 aromatic heterocycles. The highest BCUT2D eigenvalue weighted by Crippen LogP contribution is 2.24. The summed E-state index contributed by atoms with van der Waals surface area (Å²) in [6, 6.07) is 19.4. The van der Waals surface area contributed by atoms with Crippen molar-refractivity contribution in [3.8, 4) is 11.5 Å². The minimum atomic E-state index is -0.708. The van der Waals surface area contributed by atoms with Gasteiger partial charge in [-0.05, 0) is 42.0 Å². The van der Waals surface area contributed by atoms with Gasteiger partial charge in [-0.1, -0.05) is 24.3 Å². The van der Waals surface area contributed by atoms with Crippen molar-refractivity contribution in [2.75, 3.05) is 0 Å².